The van der Waals surface area contributed by atoms with Crippen LogP contribution in [0.1, 0.15) is 54.1 Å². The van der Waals surface area contributed by atoms with Crippen molar-refractivity contribution in [3.63, 3.8) is 0 Å². The summed E-state index contributed by atoms with van der Waals surface area (Å²) >= 11 is 0. The second-order valence-corrected chi connectivity index (χ2v) is 5.06. The Kier molecular flexibility index (Phi) is 7.23. The Hall–Kier alpha value is -2.10. The third-order valence-corrected chi connectivity index (χ3v) is 3.26. The lowest BCUT2D eigenvalue weighted by Crippen LogP contribution is -2.24. The highest BCUT2D eigenvalue weighted by atomic mass is 16.4. The van der Waals surface area contributed by atoms with E-state index in [1.165, 1.54) is 18.9 Å². The van der Waals surface area contributed by atoms with Gasteiger partial charge in [-0.2, -0.15) is 0 Å². The molecule has 0 spiro atoms. The van der Waals surface area contributed by atoms with Crippen molar-refractivity contribution in [2.24, 2.45) is 0 Å². The molecule has 2 N–H and O–H groups in total. The zero-order valence-corrected chi connectivity index (χ0v) is 12.7. The number of hydrogen-bond donors (Lipinski definition) is 2. The van der Waals surface area contributed by atoms with Crippen LogP contribution in [0.5, 0.6) is 0 Å². The van der Waals surface area contributed by atoms with Gasteiger partial charge in [0, 0.05) is 18.2 Å². The minimum Gasteiger partial charge on any atom is -0.478 e. The highest BCUT2D eigenvalue weighted by Gasteiger charge is 2.06. The molecule has 21 heavy (non-hydrogen) atoms. The molecule has 0 heterocycles. The summed E-state index contributed by atoms with van der Waals surface area (Å²) in [5.41, 5.74) is 2.24. The molecule has 4 heteroatoms. The lowest BCUT2D eigenvalue weighted by molar-refractivity contribution is -0.131. The molecular weight excluding hydrogens is 266 g/mol. The zero-order valence-electron chi connectivity index (χ0n) is 12.7. The quantitative estimate of drug-likeness (QED) is 0.569. The Morgan fingerprint density at radius 3 is 2.67 bits per heavy atom. The number of aryl methyl sites for hydroxylation is 1. The Morgan fingerprint density at radius 1 is 1.24 bits per heavy atom. The molecule has 0 unspecified atom stereocenters. The van der Waals surface area contributed by atoms with Crippen LogP contribution >= 0.6 is 0 Å². The van der Waals surface area contributed by atoms with Gasteiger partial charge in [-0.25, -0.2) is 4.79 Å². The first-order chi connectivity index (χ1) is 10.0. The predicted molar refractivity (Wildman–Crippen MR) is 84.3 cm³/mol. The molecule has 1 rings (SSSR count). The number of hydrogen-bond acceptors (Lipinski definition) is 2. The molecule has 0 fully saturated rings. The topological polar surface area (TPSA) is 66.4 Å². The van der Waals surface area contributed by atoms with Gasteiger partial charge in [0.1, 0.15) is 0 Å². The Bertz CT molecular complexity index is 521. The van der Waals surface area contributed by atoms with Gasteiger partial charge in [0.25, 0.3) is 5.91 Å². The van der Waals surface area contributed by atoms with E-state index >= 15 is 0 Å². The van der Waals surface area contributed by atoms with Gasteiger partial charge in [-0.1, -0.05) is 32.3 Å². The van der Waals surface area contributed by atoms with E-state index in [4.69, 9.17) is 5.11 Å². The molecule has 0 aliphatic heterocycles. The molecule has 0 bridgehead atoms. The lowest BCUT2D eigenvalue weighted by Gasteiger charge is -2.07. The number of carboxylic acid groups (broad SMARTS) is 1. The molecule has 1 aromatic rings. The number of unbranched alkanes of at least 4 members (excludes halogenated alkanes) is 3. The van der Waals surface area contributed by atoms with Crippen molar-refractivity contribution in [3.8, 4) is 0 Å². The highest BCUT2D eigenvalue weighted by Crippen LogP contribution is 2.13. The zero-order chi connectivity index (χ0) is 15.7. The molecule has 0 radical (unpaired) electrons. The highest BCUT2D eigenvalue weighted by molar-refractivity contribution is 5.95. The summed E-state index contributed by atoms with van der Waals surface area (Å²) in [5.74, 6) is -1.11. The van der Waals surface area contributed by atoms with Crippen LogP contribution in [0.3, 0.4) is 0 Å². The van der Waals surface area contributed by atoms with Crippen molar-refractivity contribution in [1.29, 1.82) is 0 Å². The molecule has 114 valence electrons. The van der Waals surface area contributed by atoms with Crippen LogP contribution in [0.15, 0.2) is 24.3 Å². The monoisotopic (exact) mass is 289 g/mol. The van der Waals surface area contributed by atoms with Crippen molar-refractivity contribution < 1.29 is 14.7 Å². The van der Waals surface area contributed by atoms with Gasteiger partial charge in [-0.3, -0.25) is 4.79 Å². The van der Waals surface area contributed by atoms with E-state index in [1.807, 2.05) is 13.0 Å². The average molecular weight is 289 g/mol. The minimum atomic E-state index is -1.000. The lowest BCUT2D eigenvalue weighted by atomic mass is 10.0. The van der Waals surface area contributed by atoms with Gasteiger partial charge in [0.2, 0.25) is 0 Å². The summed E-state index contributed by atoms with van der Waals surface area (Å²) in [5, 5.41) is 11.6. The van der Waals surface area contributed by atoms with Gasteiger partial charge in [0.15, 0.2) is 0 Å². The Morgan fingerprint density at radius 2 is 2.00 bits per heavy atom. The second kappa shape index (κ2) is 8.95. The van der Waals surface area contributed by atoms with Gasteiger partial charge < -0.3 is 10.4 Å². The molecule has 0 saturated heterocycles. The first kappa shape index (κ1) is 17.0. The fourth-order valence-corrected chi connectivity index (χ4v) is 1.98. The summed E-state index contributed by atoms with van der Waals surface area (Å²) in [7, 11) is 0. The minimum absolute atomic E-state index is 0.114. The number of carboxylic acids is 1. The van der Waals surface area contributed by atoms with E-state index < -0.39 is 5.97 Å². The molecule has 4 nitrogen and oxygen atoms in total. The van der Waals surface area contributed by atoms with E-state index in [-0.39, 0.29) is 5.91 Å². The third kappa shape index (κ3) is 6.25. The summed E-state index contributed by atoms with van der Waals surface area (Å²) < 4.78 is 0. The largest absolute Gasteiger partial charge is 0.478 e. The van der Waals surface area contributed by atoms with E-state index in [9.17, 15) is 9.59 Å². The van der Waals surface area contributed by atoms with Crippen LogP contribution in [0.25, 0.3) is 6.08 Å². The van der Waals surface area contributed by atoms with Crippen LogP contribution in [-0.2, 0) is 4.79 Å². The first-order valence-corrected chi connectivity index (χ1v) is 7.34. The molecule has 0 atom stereocenters. The van der Waals surface area contributed by atoms with Crippen molar-refractivity contribution >= 4 is 18.0 Å². The van der Waals surface area contributed by atoms with Crippen molar-refractivity contribution in [2.75, 3.05) is 6.54 Å². The van der Waals surface area contributed by atoms with Crippen LogP contribution in [-0.4, -0.2) is 23.5 Å². The molecule has 0 saturated carbocycles. The van der Waals surface area contributed by atoms with Gasteiger partial charge in [-0.15, -0.1) is 0 Å². The number of carbonyl (C=O) groups is 2. The number of amides is 1. The summed E-state index contributed by atoms with van der Waals surface area (Å²) in [6.07, 6.45) is 7.05. The molecule has 0 aliphatic rings. The maximum absolute atomic E-state index is 12.0. The number of carbonyl (C=O) groups excluding carboxylic acids is 1. The van der Waals surface area contributed by atoms with Crippen LogP contribution in [0, 0.1) is 6.92 Å². The number of rotatable bonds is 8. The van der Waals surface area contributed by atoms with Crippen molar-refractivity contribution in [1.82, 2.24) is 5.32 Å². The van der Waals surface area contributed by atoms with E-state index in [2.05, 4.69) is 12.2 Å². The molecule has 1 aromatic carbocycles. The van der Waals surface area contributed by atoms with E-state index in [1.54, 1.807) is 12.1 Å². The van der Waals surface area contributed by atoms with Gasteiger partial charge >= 0.3 is 5.97 Å². The van der Waals surface area contributed by atoms with Crippen molar-refractivity contribution in [3.05, 3.63) is 41.0 Å². The Balaban J connectivity index is 2.64. The molecule has 0 aliphatic carbocycles. The maximum Gasteiger partial charge on any atom is 0.328 e. The van der Waals surface area contributed by atoms with Crippen molar-refractivity contribution in [2.45, 2.75) is 39.5 Å². The number of aliphatic carboxylic acids is 1. The summed E-state index contributed by atoms with van der Waals surface area (Å²) in [4.78, 5) is 22.6. The summed E-state index contributed by atoms with van der Waals surface area (Å²) in [6.45, 7) is 4.71. The fourth-order valence-electron chi connectivity index (χ4n) is 1.98. The fraction of sp³-hybridized carbons (Fsp3) is 0.412. The molecule has 0 aromatic heterocycles. The number of benzene rings is 1. The third-order valence-electron chi connectivity index (χ3n) is 3.26. The predicted octanol–water partition coefficient (Wildman–Crippen LogP) is 3.40. The summed E-state index contributed by atoms with van der Waals surface area (Å²) in [6, 6.07) is 5.30. The average Bonchev–Trinajstić information content (AvgIpc) is 2.45. The molecule has 1 amide bonds. The second-order valence-electron chi connectivity index (χ2n) is 5.06. The molecular formula is C17H23NO3. The normalized spacial score (nSPS) is 10.8. The maximum atomic E-state index is 12.0. The van der Waals surface area contributed by atoms with Gasteiger partial charge in [-0.05, 0) is 42.7 Å². The van der Waals surface area contributed by atoms with E-state index in [0.29, 0.717) is 12.1 Å². The van der Waals surface area contributed by atoms with Crippen LogP contribution in [0.4, 0.5) is 0 Å². The van der Waals surface area contributed by atoms with E-state index in [0.717, 1.165) is 30.0 Å². The Labute approximate surface area is 125 Å². The SMILES string of the molecule is CCCCCCNC(=O)c1ccc(C)c(/C=C/C(=O)O)c1. The first-order valence-electron chi connectivity index (χ1n) is 7.34. The van der Waals surface area contributed by atoms with Crippen LogP contribution in [0.2, 0.25) is 0 Å². The van der Waals surface area contributed by atoms with Gasteiger partial charge in [0.05, 0.1) is 0 Å². The standard InChI is InChI=1S/C17H23NO3/c1-3-4-5-6-11-18-17(21)15-8-7-13(2)14(12-15)9-10-16(19)20/h7-10,12H,3-6,11H2,1-2H3,(H,18,21)(H,19,20)/b10-9+. The van der Waals surface area contributed by atoms with Crippen LogP contribution < -0.4 is 5.32 Å². The number of nitrogens with one attached hydrogen (secondary N) is 1. The smallest absolute Gasteiger partial charge is 0.328 e.